The minimum Gasteiger partial charge on any atom is -0.478 e. The van der Waals surface area contributed by atoms with E-state index >= 15 is 0 Å². The van der Waals surface area contributed by atoms with E-state index in [-0.39, 0.29) is 0 Å². The van der Waals surface area contributed by atoms with Crippen LogP contribution in [0, 0.1) is 0 Å². The number of H-pyrrole nitrogens is 1. The average Bonchev–Trinajstić information content (AvgIpc) is 3.25. The fraction of sp³-hybridized carbons (Fsp3) is 0.138. The molecule has 3 nitrogen and oxygen atoms in total. The van der Waals surface area contributed by atoms with E-state index in [1.54, 1.807) is 6.08 Å². The fourth-order valence-electron chi connectivity index (χ4n) is 4.25. The third kappa shape index (κ3) is 4.42. The van der Waals surface area contributed by atoms with Crippen molar-refractivity contribution in [2.75, 3.05) is 0 Å². The summed E-state index contributed by atoms with van der Waals surface area (Å²) < 4.78 is 0. The van der Waals surface area contributed by atoms with Crippen molar-refractivity contribution >= 4 is 34.1 Å². The van der Waals surface area contributed by atoms with Gasteiger partial charge in [-0.25, -0.2) is 4.79 Å². The maximum absolute atomic E-state index is 10.9. The quantitative estimate of drug-likeness (QED) is 0.245. The molecule has 0 aliphatic rings. The Hall–Kier alpha value is -3.85. The maximum atomic E-state index is 10.9. The summed E-state index contributed by atoms with van der Waals surface area (Å²) in [5, 5.41) is 10.1. The van der Waals surface area contributed by atoms with Gasteiger partial charge in [-0.2, -0.15) is 0 Å². The molecule has 0 saturated heterocycles. The molecule has 0 saturated carbocycles. The summed E-state index contributed by atoms with van der Waals surface area (Å²) in [6.45, 7) is 4.40. The van der Waals surface area contributed by atoms with Crippen LogP contribution in [-0.2, 0) is 11.2 Å². The van der Waals surface area contributed by atoms with E-state index in [2.05, 4.69) is 79.5 Å². The van der Waals surface area contributed by atoms with Crippen molar-refractivity contribution in [1.29, 1.82) is 0 Å². The van der Waals surface area contributed by atoms with E-state index < -0.39 is 5.97 Å². The molecule has 0 radical (unpaired) electrons. The smallest absolute Gasteiger partial charge is 0.328 e. The monoisotopic (exact) mass is 421 g/mol. The zero-order chi connectivity index (χ0) is 22.5. The van der Waals surface area contributed by atoms with Crippen molar-refractivity contribution in [3.8, 4) is 0 Å². The number of aliphatic carboxylic acids is 1. The fourth-order valence-corrected chi connectivity index (χ4v) is 4.25. The highest BCUT2D eigenvalue weighted by Crippen LogP contribution is 2.36. The highest BCUT2D eigenvalue weighted by Gasteiger charge is 2.16. The zero-order valence-corrected chi connectivity index (χ0v) is 18.4. The number of carboxylic acid groups (broad SMARTS) is 1. The first-order valence-electron chi connectivity index (χ1n) is 11.0. The second-order valence-corrected chi connectivity index (χ2v) is 7.78. The lowest BCUT2D eigenvalue weighted by Gasteiger charge is -2.17. The summed E-state index contributed by atoms with van der Waals surface area (Å²) >= 11 is 0. The normalized spacial score (nSPS) is 12.3. The molecule has 0 unspecified atom stereocenters. The number of para-hydroxylation sites is 1. The van der Waals surface area contributed by atoms with Gasteiger partial charge in [-0.1, -0.05) is 80.6 Å². The molecule has 0 spiro atoms. The van der Waals surface area contributed by atoms with Gasteiger partial charge < -0.3 is 10.1 Å². The number of carboxylic acids is 1. The minimum atomic E-state index is -0.947. The van der Waals surface area contributed by atoms with Gasteiger partial charge in [0, 0.05) is 28.2 Å². The first-order chi connectivity index (χ1) is 15.6. The molecule has 0 fully saturated rings. The second-order valence-electron chi connectivity index (χ2n) is 7.78. The number of benzene rings is 3. The van der Waals surface area contributed by atoms with Crippen molar-refractivity contribution in [1.82, 2.24) is 4.98 Å². The Morgan fingerprint density at radius 2 is 1.66 bits per heavy atom. The Kier molecular flexibility index (Phi) is 6.37. The Morgan fingerprint density at radius 3 is 2.34 bits per heavy atom. The van der Waals surface area contributed by atoms with E-state index in [1.165, 1.54) is 33.7 Å². The first kappa shape index (κ1) is 21.4. The standard InChI is InChI=1S/C29H27NO2/c1-3-21-9-5-7-11-25(21)24(4-2)29(27-19-23-10-6-8-12-26(23)30-27)22-16-13-20(14-17-22)15-18-28(31)32/h5-19,30H,3-4H2,1-2H3,(H,31,32)/b18-15+,29-24+. The van der Waals surface area contributed by atoms with Crippen LogP contribution in [0.5, 0.6) is 0 Å². The molecular weight excluding hydrogens is 394 g/mol. The third-order valence-corrected chi connectivity index (χ3v) is 5.80. The molecule has 32 heavy (non-hydrogen) atoms. The van der Waals surface area contributed by atoms with Crippen molar-refractivity contribution in [2.45, 2.75) is 26.7 Å². The topological polar surface area (TPSA) is 53.1 Å². The summed E-state index contributed by atoms with van der Waals surface area (Å²) in [6, 6.07) is 27.2. The Bertz CT molecular complexity index is 1270. The van der Waals surface area contributed by atoms with Gasteiger partial charge in [-0.15, -0.1) is 0 Å². The molecular formula is C29H27NO2. The zero-order valence-electron chi connectivity index (χ0n) is 18.4. The molecule has 4 rings (SSSR count). The predicted octanol–water partition coefficient (Wildman–Crippen LogP) is 7.20. The number of fused-ring (bicyclic) bond motifs is 1. The SMILES string of the molecule is CC/C(=C(/c1ccc(/C=C/C(=O)O)cc1)c1cc2ccccc2[nH]1)c1ccccc1CC. The average molecular weight is 422 g/mol. The number of rotatable bonds is 7. The van der Waals surface area contributed by atoms with Crippen LogP contribution in [0.4, 0.5) is 0 Å². The van der Waals surface area contributed by atoms with Crippen LogP contribution in [0.25, 0.3) is 28.1 Å². The lowest BCUT2D eigenvalue weighted by Crippen LogP contribution is -1.98. The largest absolute Gasteiger partial charge is 0.478 e. The third-order valence-electron chi connectivity index (χ3n) is 5.80. The molecule has 3 heteroatoms. The lowest BCUT2D eigenvalue weighted by molar-refractivity contribution is -0.131. The summed E-state index contributed by atoms with van der Waals surface area (Å²) in [5.41, 5.74) is 9.25. The van der Waals surface area contributed by atoms with Gasteiger partial charge in [-0.05, 0) is 58.9 Å². The van der Waals surface area contributed by atoms with E-state index in [1.807, 2.05) is 18.2 Å². The molecule has 0 bridgehead atoms. The number of aryl methyl sites for hydroxylation is 1. The number of hydrogen-bond donors (Lipinski definition) is 2. The van der Waals surface area contributed by atoms with Crippen LogP contribution >= 0.6 is 0 Å². The molecule has 0 amide bonds. The van der Waals surface area contributed by atoms with Crippen LogP contribution in [-0.4, -0.2) is 16.1 Å². The van der Waals surface area contributed by atoms with Crippen LogP contribution in [0.3, 0.4) is 0 Å². The van der Waals surface area contributed by atoms with Gasteiger partial charge in [-0.3, -0.25) is 0 Å². The minimum absolute atomic E-state index is 0.860. The summed E-state index contributed by atoms with van der Waals surface area (Å²) in [6.07, 6.45) is 4.64. The second kappa shape index (κ2) is 9.52. The van der Waals surface area contributed by atoms with E-state index in [4.69, 9.17) is 5.11 Å². The molecule has 0 aliphatic carbocycles. The van der Waals surface area contributed by atoms with Gasteiger partial charge in [0.05, 0.1) is 0 Å². The number of aromatic amines is 1. The number of allylic oxidation sites excluding steroid dienone is 1. The van der Waals surface area contributed by atoms with Crippen molar-refractivity contribution in [2.24, 2.45) is 0 Å². The summed E-state index contributed by atoms with van der Waals surface area (Å²) in [7, 11) is 0. The van der Waals surface area contributed by atoms with Gasteiger partial charge >= 0.3 is 5.97 Å². The van der Waals surface area contributed by atoms with E-state index in [9.17, 15) is 4.79 Å². The molecule has 3 aromatic carbocycles. The summed E-state index contributed by atoms with van der Waals surface area (Å²) in [5.74, 6) is -0.947. The summed E-state index contributed by atoms with van der Waals surface area (Å²) in [4.78, 5) is 14.5. The van der Waals surface area contributed by atoms with Crippen LogP contribution < -0.4 is 0 Å². The molecule has 2 N–H and O–H groups in total. The number of carbonyl (C=O) groups is 1. The van der Waals surface area contributed by atoms with Crippen molar-refractivity contribution < 1.29 is 9.90 Å². The van der Waals surface area contributed by atoms with Crippen molar-refractivity contribution in [3.05, 3.63) is 113 Å². The highest BCUT2D eigenvalue weighted by molar-refractivity contribution is 6.01. The van der Waals surface area contributed by atoms with Gasteiger partial charge in [0.1, 0.15) is 0 Å². The molecule has 1 aromatic heterocycles. The van der Waals surface area contributed by atoms with Crippen LogP contribution in [0.1, 0.15) is 48.2 Å². The number of aromatic nitrogens is 1. The van der Waals surface area contributed by atoms with Gasteiger partial charge in [0.15, 0.2) is 0 Å². The number of nitrogens with one attached hydrogen (secondary N) is 1. The highest BCUT2D eigenvalue weighted by atomic mass is 16.4. The Labute approximate surface area is 188 Å². The van der Waals surface area contributed by atoms with Gasteiger partial charge in [0.25, 0.3) is 0 Å². The molecule has 1 heterocycles. The van der Waals surface area contributed by atoms with E-state index in [0.29, 0.717) is 0 Å². The Balaban J connectivity index is 1.94. The van der Waals surface area contributed by atoms with Gasteiger partial charge in [0.2, 0.25) is 0 Å². The molecule has 160 valence electrons. The Morgan fingerprint density at radius 1 is 0.938 bits per heavy atom. The van der Waals surface area contributed by atoms with Crippen LogP contribution in [0.15, 0.2) is 84.9 Å². The van der Waals surface area contributed by atoms with Crippen molar-refractivity contribution in [3.63, 3.8) is 0 Å². The van der Waals surface area contributed by atoms with E-state index in [0.717, 1.165) is 35.2 Å². The van der Waals surface area contributed by atoms with Crippen LogP contribution in [0.2, 0.25) is 0 Å². The maximum Gasteiger partial charge on any atom is 0.328 e. The number of hydrogen-bond acceptors (Lipinski definition) is 1. The predicted molar refractivity (Wildman–Crippen MR) is 133 cm³/mol. The molecule has 0 aliphatic heterocycles. The molecule has 4 aromatic rings. The molecule has 0 atom stereocenters. The first-order valence-corrected chi connectivity index (χ1v) is 11.0. The lowest BCUT2D eigenvalue weighted by atomic mass is 9.87.